The van der Waals surface area contributed by atoms with Crippen LogP contribution >= 0.6 is 0 Å². The number of hydrogen-bond donors (Lipinski definition) is 1. The molecule has 1 aromatic heterocycles. The highest BCUT2D eigenvalue weighted by Crippen LogP contribution is 2.32. The summed E-state index contributed by atoms with van der Waals surface area (Å²) in [5.41, 5.74) is 3.16. The molecule has 3 rings (SSSR count). The van der Waals surface area contributed by atoms with Crippen molar-refractivity contribution in [2.45, 2.75) is 51.4 Å². The predicted octanol–water partition coefficient (Wildman–Crippen LogP) is 3.74. The summed E-state index contributed by atoms with van der Waals surface area (Å²) in [5.74, 6) is 1.93. The Balaban J connectivity index is 1.89. The number of benzene rings is 1. The van der Waals surface area contributed by atoms with Crippen LogP contribution in [0.2, 0.25) is 0 Å². The van der Waals surface area contributed by atoms with E-state index in [-0.39, 0.29) is 5.78 Å². The first kappa shape index (κ1) is 12.4. The first-order valence-corrected chi connectivity index (χ1v) is 7.20. The molecule has 0 atom stereocenters. The van der Waals surface area contributed by atoms with Gasteiger partial charge in [0.25, 0.3) is 0 Å². The molecule has 0 saturated heterocycles. The van der Waals surface area contributed by atoms with Crippen molar-refractivity contribution in [3.63, 3.8) is 0 Å². The van der Waals surface area contributed by atoms with Gasteiger partial charge >= 0.3 is 0 Å². The van der Waals surface area contributed by atoms with Gasteiger partial charge in [0.2, 0.25) is 0 Å². The molecular formula is C16H20N2O. The molecule has 3 heteroatoms. The van der Waals surface area contributed by atoms with Crippen molar-refractivity contribution < 1.29 is 4.79 Å². The second-order valence-corrected chi connectivity index (χ2v) is 5.69. The minimum atomic E-state index is 0.200. The number of H-pyrrole nitrogens is 1. The molecule has 1 N–H and O–H groups in total. The molecule has 2 aromatic rings. The van der Waals surface area contributed by atoms with Gasteiger partial charge in [-0.1, -0.05) is 25.3 Å². The SMILES string of the molecule is CC(=O)Cc1ccc2nc(C3CCCCC3)[nH]c2c1. The maximum absolute atomic E-state index is 11.2. The number of fused-ring (bicyclic) bond motifs is 1. The smallest absolute Gasteiger partial charge is 0.134 e. The Bertz CT molecular complexity index is 594. The average Bonchev–Trinajstić information content (AvgIpc) is 2.82. The van der Waals surface area contributed by atoms with E-state index in [0.717, 1.165) is 22.4 Å². The molecule has 100 valence electrons. The summed E-state index contributed by atoms with van der Waals surface area (Å²) in [5, 5.41) is 0. The molecule has 0 bridgehead atoms. The number of nitrogens with one attached hydrogen (secondary N) is 1. The number of imidazole rings is 1. The summed E-state index contributed by atoms with van der Waals surface area (Å²) >= 11 is 0. The minimum absolute atomic E-state index is 0.200. The lowest BCUT2D eigenvalue weighted by Gasteiger charge is -2.18. The Kier molecular flexibility index (Phi) is 3.36. The third-order valence-electron chi connectivity index (χ3n) is 4.01. The van der Waals surface area contributed by atoms with Crippen molar-refractivity contribution >= 4 is 16.8 Å². The number of Topliss-reactive ketones (excluding diaryl/α,β-unsaturated/α-hetero) is 1. The quantitative estimate of drug-likeness (QED) is 0.909. The van der Waals surface area contributed by atoms with Crippen LogP contribution in [0.3, 0.4) is 0 Å². The summed E-state index contributed by atoms with van der Waals surface area (Å²) in [6.07, 6.45) is 7.00. The maximum Gasteiger partial charge on any atom is 0.134 e. The van der Waals surface area contributed by atoms with Crippen LogP contribution in [0, 0.1) is 0 Å². The number of carbonyl (C=O) groups excluding carboxylic acids is 1. The zero-order valence-electron chi connectivity index (χ0n) is 11.4. The fraction of sp³-hybridized carbons (Fsp3) is 0.500. The van der Waals surface area contributed by atoms with Crippen LogP contribution in [-0.2, 0) is 11.2 Å². The Labute approximate surface area is 113 Å². The molecule has 3 nitrogen and oxygen atoms in total. The second kappa shape index (κ2) is 5.16. The Morgan fingerprint density at radius 2 is 2.11 bits per heavy atom. The number of aromatic amines is 1. The lowest BCUT2D eigenvalue weighted by Crippen LogP contribution is -2.05. The van der Waals surface area contributed by atoms with Crippen molar-refractivity contribution in [1.29, 1.82) is 0 Å². The first-order valence-electron chi connectivity index (χ1n) is 7.20. The molecule has 0 spiro atoms. The lowest BCUT2D eigenvalue weighted by molar-refractivity contribution is -0.116. The normalized spacial score (nSPS) is 16.9. The number of rotatable bonds is 3. The van der Waals surface area contributed by atoms with Gasteiger partial charge in [-0.25, -0.2) is 4.98 Å². The molecule has 1 heterocycles. The van der Waals surface area contributed by atoms with E-state index in [1.165, 1.54) is 32.1 Å². The van der Waals surface area contributed by atoms with E-state index >= 15 is 0 Å². The second-order valence-electron chi connectivity index (χ2n) is 5.69. The van der Waals surface area contributed by atoms with Gasteiger partial charge in [0.1, 0.15) is 11.6 Å². The van der Waals surface area contributed by atoms with Crippen LogP contribution in [0.4, 0.5) is 0 Å². The number of aromatic nitrogens is 2. The Morgan fingerprint density at radius 3 is 2.84 bits per heavy atom. The van der Waals surface area contributed by atoms with Crippen molar-refractivity contribution in [1.82, 2.24) is 9.97 Å². The topological polar surface area (TPSA) is 45.8 Å². The number of ketones is 1. The van der Waals surface area contributed by atoms with Crippen LogP contribution in [0.15, 0.2) is 18.2 Å². The van der Waals surface area contributed by atoms with Gasteiger partial charge in [-0.3, -0.25) is 4.79 Å². The summed E-state index contributed by atoms with van der Waals surface area (Å²) in [6.45, 7) is 1.63. The third-order valence-corrected chi connectivity index (χ3v) is 4.01. The van der Waals surface area contributed by atoms with E-state index < -0.39 is 0 Å². The van der Waals surface area contributed by atoms with Crippen molar-refractivity contribution in [2.24, 2.45) is 0 Å². The minimum Gasteiger partial charge on any atom is -0.342 e. The van der Waals surface area contributed by atoms with Gasteiger partial charge in [-0.05, 0) is 37.5 Å². The highest BCUT2D eigenvalue weighted by Gasteiger charge is 2.18. The van der Waals surface area contributed by atoms with Gasteiger partial charge in [-0.15, -0.1) is 0 Å². The lowest BCUT2D eigenvalue weighted by atomic mass is 9.89. The number of nitrogens with zero attached hydrogens (tertiary/aromatic N) is 1. The molecule has 0 aliphatic heterocycles. The van der Waals surface area contributed by atoms with E-state index in [0.29, 0.717) is 12.3 Å². The van der Waals surface area contributed by atoms with E-state index in [4.69, 9.17) is 4.98 Å². The Morgan fingerprint density at radius 1 is 1.32 bits per heavy atom. The molecule has 1 aliphatic rings. The zero-order chi connectivity index (χ0) is 13.2. The fourth-order valence-electron chi connectivity index (χ4n) is 3.04. The van der Waals surface area contributed by atoms with E-state index in [1.807, 2.05) is 12.1 Å². The summed E-state index contributed by atoms with van der Waals surface area (Å²) < 4.78 is 0. The van der Waals surface area contributed by atoms with Crippen LogP contribution in [-0.4, -0.2) is 15.8 Å². The molecule has 1 fully saturated rings. The van der Waals surface area contributed by atoms with Gasteiger partial charge in [0, 0.05) is 12.3 Å². The van der Waals surface area contributed by atoms with Gasteiger partial charge in [0.05, 0.1) is 11.0 Å². The van der Waals surface area contributed by atoms with E-state index in [1.54, 1.807) is 6.92 Å². The molecule has 1 saturated carbocycles. The van der Waals surface area contributed by atoms with E-state index in [2.05, 4.69) is 11.1 Å². The number of hydrogen-bond acceptors (Lipinski definition) is 2. The summed E-state index contributed by atoms with van der Waals surface area (Å²) in [6, 6.07) is 6.10. The van der Waals surface area contributed by atoms with Crippen molar-refractivity contribution in [3.8, 4) is 0 Å². The van der Waals surface area contributed by atoms with Crippen LogP contribution in [0.1, 0.15) is 56.3 Å². The maximum atomic E-state index is 11.2. The summed E-state index contributed by atoms with van der Waals surface area (Å²) in [4.78, 5) is 19.3. The van der Waals surface area contributed by atoms with Gasteiger partial charge in [-0.2, -0.15) is 0 Å². The molecule has 0 radical (unpaired) electrons. The molecule has 1 aliphatic carbocycles. The molecular weight excluding hydrogens is 236 g/mol. The molecule has 19 heavy (non-hydrogen) atoms. The molecule has 0 unspecified atom stereocenters. The highest BCUT2D eigenvalue weighted by atomic mass is 16.1. The highest BCUT2D eigenvalue weighted by molar-refractivity contribution is 5.81. The standard InChI is InChI=1S/C16H20N2O/c1-11(19)9-12-7-8-14-15(10-12)18-16(17-14)13-5-3-2-4-6-13/h7-8,10,13H,2-6,9H2,1H3,(H,17,18). The van der Waals surface area contributed by atoms with Crippen molar-refractivity contribution in [3.05, 3.63) is 29.6 Å². The van der Waals surface area contributed by atoms with Crippen LogP contribution in [0.5, 0.6) is 0 Å². The molecule has 1 aromatic carbocycles. The van der Waals surface area contributed by atoms with Gasteiger partial charge in [0.15, 0.2) is 0 Å². The predicted molar refractivity (Wildman–Crippen MR) is 76.3 cm³/mol. The Hall–Kier alpha value is -1.64. The monoisotopic (exact) mass is 256 g/mol. The summed E-state index contributed by atoms with van der Waals surface area (Å²) in [7, 11) is 0. The average molecular weight is 256 g/mol. The van der Waals surface area contributed by atoms with Gasteiger partial charge < -0.3 is 4.98 Å². The molecule has 0 amide bonds. The van der Waals surface area contributed by atoms with Crippen molar-refractivity contribution in [2.75, 3.05) is 0 Å². The van der Waals surface area contributed by atoms with E-state index in [9.17, 15) is 4.79 Å². The largest absolute Gasteiger partial charge is 0.342 e. The fourth-order valence-corrected chi connectivity index (χ4v) is 3.04. The first-order chi connectivity index (χ1) is 9.22. The zero-order valence-corrected chi connectivity index (χ0v) is 11.4. The third kappa shape index (κ3) is 2.70. The van der Waals surface area contributed by atoms with Crippen LogP contribution in [0.25, 0.3) is 11.0 Å². The number of carbonyl (C=O) groups is 1. The van der Waals surface area contributed by atoms with Crippen LogP contribution < -0.4 is 0 Å².